The maximum atomic E-state index is 2.31. The predicted molar refractivity (Wildman–Crippen MR) is 72.2 cm³/mol. The van der Waals surface area contributed by atoms with E-state index in [4.69, 9.17) is 0 Å². The van der Waals surface area contributed by atoms with Crippen LogP contribution in [0.2, 0.25) is 0 Å². The minimum absolute atomic E-state index is 0.152. The summed E-state index contributed by atoms with van der Waals surface area (Å²) in [6.45, 7) is 4.62. The van der Waals surface area contributed by atoms with Gasteiger partial charge in [0.05, 0.1) is 0 Å². The Bertz CT molecular complexity index is 567. The van der Waals surface area contributed by atoms with Gasteiger partial charge in [-0.15, -0.1) is 0 Å². The Hall–Kier alpha value is -1.50. The number of hydrogen-bond acceptors (Lipinski definition) is 0. The Morgan fingerprint density at radius 2 is 1.56 bits per heavy atom. The van der Waals surface area contributed by atoms with Gasteiger partial charge >= 0.3 is 0 Å². The summed E-state index contributed by atoms with van der Waals surface area (Å²) in [4.78, 5) is 0. The zero-order chi connectivity index (χ0) is 11.3. The monoisotopic (exact) mass is 206 g/mol. The molecule has 16 heavy (non-hydrogen) atoms. The third-order valence-electron chi connectivity index (χ3n) is 3.74. The van der Waals surface area contributed by atoms with Crippen LogP contribution in [0.25, 0.3) is 11.1 Å². The third-order valence-corrected chi connectivity index (χ3v) is 3.74. The molecule has 0 saturated heterocycles. The Labute approximate surface area is 97.7 Å². The van der Waals surface area contributed by atoms with Gasteiger partial charge in [0.25, 0.3) is 0 Å². The second-order valence-corrected chi connectivity index (χ2v) is 5.22. The van der Waals surface area contributed by atoms with E-state index in [0.717, 1.165) is 0 Å². The second-order valence-electron chi connectivity index (χ2n) is 5.22. The molecule has 2 aromatic rings. The fraction of sp³-hybridized carbons (Fsp3) is 0.200. The smallest absolute Gasteiger partial charge is 0.0883 e. The standard InChI is InChI=1S/C15H15B/c1-15(2)13-6-4-3-5-11(13)12-9-10(16)7-8-14(12)15/h3-9H,16H2,1-2H3. The van der Waals surface area contributed by atoms with E-state index in [1.807, 2.05) is 0 Å². The molecule has 0 spiro atoms. The zero-order valence-corrected chi connectivity index (χ0v) is 10.0. The van der Waals surface area contributed by atoms with Crippen molar-refractivity contribution in [2.45, 2.75) is 19.3 Å². The van der Waals surface area contributed by atoms with Crippen molar-refractivity contribution in [1.82, 2.24) is 0 Å². The highest BCUT2D eigenvalue weighted by atomic mass is 14.4. The predicted octanol–water partition coefficient (Wildman–Crippen LogP) is 2.25. The quantitative estimate of drug-likeness (QED) is 0.580. The highest BCUT2D eigenvalue weighted by Crippen LogP contribution is 2.47. The molecule has 0 radical (unpaired) electrons. The van der Waals surface area contributed by atoms with Crippen molar-refractivity contribution >= 4 is 13.3 Å². The van der Waals surface area contributed by atoms with E-state index in [-0.39, 0.29) is 5.41 Å². The number of rotatable bonds is 0. The highest BCUT2D eigenvalue weighted by Gasteiger charge is 2.34. The lowest BCUT2D eigenvalue weighted by Gasteiger charge is -2.21. The van der Waals surface area contributed by atoms with Crippen LogP contribution in [0.4, 0.5) is 0 Å². The molecule has 0 nitrogen and oxygen atoms in total. The normalized spacial score (nSPS) is 15.6. The molecule has 1 heteroatoms. The molecule has 2 aromatic carbocycles. The fourth-order valence-electron chi connectivity index (χ4n) is 2.83. The lowest BCUT2D eigenvalue weighted by Crippen LogP contribution is -2.15. The third kappa shape index (κ3) is 1.12. The number of hydrogen-bond donors (Lipinski definition) is 0. The van der Waals surface area contributed by atoms with E-state index in [0.29, 0.717) is 0 Å². The molecular formula is C15H15B. The number of benzene rings is 2. The molecule has 0 aromatic heterocycles. The van der Waals surface area contributed by atoms with E-state index >= 15 is 0 Å². The summed E-state index contributed by atoms with van der Waals surface area (Å²) >= 11 is 0. The van der Waals surface area contributed by atoms with Gasteiger partial charge in [0, 0.05) is 5.41 Å². The fourth-order valence-corrected chi connectivity index (χ4v) is 2.83. The Morgan fingerprint density at radius 3 is 2.38 bits per heavy atom. The van der Waals surface area contributed by atoms with Crippen LogP contribution in [0.15, 0.2) is 42.5 Å². The van der Waals surface area contributed by atoms with Crippen LogP contribution in [0, 0.1) is 0 Å². The van der Waals surface area contributed by atoms with Gasteiger partial charge in [0.1, 0.15) is 7.85 Å². The highest BCUT2D eigenvalue weighted by molar-refractivity contribution is 6.32. The molecular weight excluding hydrogens is 191 g/mol. The summed E-state index contributed by atoms with van der Waals surface area (Å²) in [5.41, 5.74) is 7.23. The topological polar surface area (TPSA) is 0 Å². The molecule has 0 saturated carbocycles. The van der Waals surface area contributed by atoms with Crippen molar-refractivity contribution < 1.29 is 0 Å². The van der Waals surface area contributed by atoms with Crippen molar-refractivity contribution in [2.24, 2.45) is 0 Å². The van der Waals surface area contributed by atoms with Gasteiger partial charge in [-0.25, -0.2) is 0 Å². The lowest BCUT2D eigenvalue weighted by atomic mass is 9.81. The molecule has 0 bridgehead atoms. The second kappa shape index (κ2) is 3.01. The molecule has 1 aliphatic carbocycles. The van der Waals surface area contributed by atoms with Gasteiger partial charge in [-0.1, -0.05) is 61.8 Å². The first-order valence-electron chi connectivity index (χ1n) is 5.82. The van der Waals surface area contributed by atoms with Crippen molar-refractivity contribution in [3.8, 4) is 11.1 Å². The van der Waals surface area contributed by atoms with Gasteiger partial charge in [0.15, 0.2) is 0 Å². The SMILES string of the molecule is Bc1ccc2c(c1)-c1ccccc1C2(C)C. The maximum Gasteiger partial charge on any atom is 0.139 e. The van der Waals surface area contributed by atoms with Crippen molar-refractivity contribution in [2.75, 3.05) is 0 Å². The van der Waals surface area contributed by atoms with Crippen LogP contribution in [0.3, 0.4) is 0 Å². The maximum absolute atomic E-state index is 2.31. The average molecular weight is 206 g/mol. The first-order chi connectivity index (χ1) is 7.60. The van der Waals surface area contributed by atoms with E-state index in [1.165, 1.54) is 27.7 Å². The van der Waals surface area contributed by atoms with Crippen LogP contribution in [0.1, 0.15) is 25.0 Å². The lowest BCUT2D eigenvalue weighted by molar-refractivity contribution is 0.660. The molecule has 0 amide bonds. The largest absolute Gasteiger partial charge is 0.139 e. The van der Waals surface area contributed by atoms with Crippen LogP contribution >= 0.6 is 0 Å². The van der Waals surface area contributed by atoms with Gasteiger partial charge in [-0.05, 0) is 22.3 Å². The van der Waals surface area contributed by atoms with Crippen molar-refractivity contribution in [3.05, 3.63) is 53.6 Å². The zero-order valence-electron chi connectivity index (χ0n) is 10.0. The molecule has 1 aliphatic rings. The Balaban J connectivity index is 2.40. The molecule has 0 heterocycles. The minimum atomic E-state index is 0.152. The first kappa shape index (κ1) is 9.71. The van der Waals surface area contributed by atoms with E-state index < -0.39 is 0 Å². The molecule has 0 atom stereocenters. The summed E-state index contributed by atoms with van der Waals surface area (Å²) in [7, 11) is 2.16. The van der Waals surface area contributed by atoms with Gasteiger partial charge in [-0.3, -0.25) is 0 Å². The van der Waals surface area contributed by atoms with Gasteiger partial charge in [0.2, 0.25) is 0 Å². The summed E-state index contributed by atoms with van der Waals surface area (Å²) in [6, 6.07) is 15.6. The average Bonchev–Trinajstić information content (AvgIpc) is 2.49. The first-order valence-corrected chi connectivity index (χ1v) is 5.82. The van der Waals surface area contributed by atoms with Crippen molar-refractivity contribution in [1.29, 1.82) is 0 Å². The summed E-state index contributed by atoms with van der Waals surface area (Å²) in [6.07, 6.45) is 0. The van der Waals surface area contributed by atoms with Crippen LogP contribution in [-0.2, 0) is 5.41 Å². The minimum Gasteiger partial charge on any atom is -0.0883 e. The molecule has 0 fully saturated rings. The van der Waals surface area contributed by atoms with Crippen LogP contribution < -0.4 is 5.46 Å². The van der Waals surface area contributed by atoms with Gasteiger partial charge < -0.3 is 0 Å². The molecule has 0 N–H and O–H groups in total. The molecule has 3 rings (SSSR count). The Morgan fingerprint density at radius 1 is 0.875 bits per heavy atom. The molecule has 0 aliphatic heterocycles. The van der Waals surface area contributed by atoms with Crippen LogP contribution in [-0.4, -0.2) is 7.85 Å². The molecule has 0 unspecified atom stereocenters. The van der Waals surface area contributed by atoms with E-state index in [2.05, 4.69) is 64.2 Å². The van der Waals surface area contributed by atoms with Gasteiger partial charge in [-0.2, -0.15) is 0 Å². The summed E-state index contributed by atoms with van der Waals surface area (Å²) in [5.74, 6) is 0. The summed E-state index contributed by atoms with van der Waals surface area (Å²) in [5, 5.41) is 0. The molecule has 78 valence electrons. The Kier molecular flexibility index (Phi) is 1.82. The van der Waals surface area contributed by atoms with E-state index in [1.54, 1.807) is 0 Å². The van der Waals surface area contributed by atoms with Crippen molar-refractivity contribution in [3.63, 3.8) is 0 Å². The van der Waals surface area contributed by atoms with E-state index in [9.17, 15) is 0 Å². The number of fused-ring (bicyclic) bond motifs is 3. The van der Waals surface area contributed by atoms with Crippen LogP contribution in [0.5, 0.6) is 0 Å². The summed E-state index contributed by atoms with van der Waals surface area (Å²) < 4.78 is 0.